The molecule has 2 aromatic carbocycles. The molecule has 8 heteroatoms. The van der Waals surface area contributed by atoms with E-state index in [4.69, 9.17) is 9.47 Å². The fourth-order valence-corrected chi connectivity index (χ4v) is 3.15. The van der Waals surface area contributed by atoms with Crippen LogP contribution in [0.3, 0.4) is 0 Å². The van der Waals surface area contributed by atoms with Gasteiger partial charge in [-0.2, -0.15) is 0 Å². The number of nitro benzene ring substituents is 1. The molecule has 2 aromatic rings. The number of nitro groups is 1. The van der Waals surface area contributed by atoms with Crippen molar-refractivity contribution in [3.05, 3.63) is 57.6 Å². The predicted molar refractivity (Wildman–Crippen MR) is 105 cm³/mol. The zero-order chi connectivity index (χ0) is 20.3. The van der Waals surface area contributed by atoms with E-state index in [1.165, 1.54) is 12.1 Å². The van der Waals surface area contributed by atoms with Crippen LogP contribution in [-0.2, 0) is 0 Å². The van der Waals surface area contributed by atoms with Crippen molar-refractivity contribution in [2.24, 2.45) is 5.92 Å². The Morgan fingerprint density at radius 3 is 2.46 bits per heavy atom. The minimum absolute atomic E-state index is 0.0954. The van der Waals surface area contributed by atoms with Crippen molar-refractivity contribution in [3.8, 4) is 11.5 Å². The Balaban J connectivity index is 1.86. The smallest absolute Gasteiger partial charge is 0.293 e. The summed E-state index contributed by atoms with van der Waals surface area (Å²) in [6, 6.07) is 9.68. The van der Waals surface area contributed by atoms with Crippen LogP contribution in [0.1, 0.15) is 35.8 Å². The first kappa shape index (κ1) is 19.5. The van der Waals surface area contributed by atoms with Gasteiger partial charge >= 0.3 is 0 Å². The number of fused-ring (bicyclic) bond motifs is 1. The summed E-state index contributed by atoms with van der Waals surface area (Å²) in [4.78, 5) is 23.5. The lowest BCUT2D eigenvalue weighted by Gasteiger charge is -2.25. The molecular weight excluding hydrogens is 362 g/mol. The van der Waals surface area contributed by atoms with Gasteiger partial charge in [0.15, 0.2) is 11.5 Å². The lowest BCUT2D eigenvalue weighted by molar-refractivity contribution is -0.384. The van der Waals surface area contributed by atoms with Gasteiger partial charge in [0.05, 0.1) is 11.0 Å². The third-order valence-electron chi connectivity index (χ3n) is 4.60. The average molecular weight is 385 g/mol. The molecule has 1 unspecified atom stereocenters. The standard InChI is InChI=1S/C20H23N3O5/c1-12(2)19(13-5-7-17-18(11-13)28-9-8-27-17)22-20(24)14-4-6-15(21-3)16(10-14)23(25)26/h4-7,10-12,19,21H,8-9H2,1-3H3,(H,22,24). The van der Waals surface area contributed by atoms with Crippen LogP contribution >= 0.6 is 0 Å². The Bertz CT molecular complexity index is 897. The normalized spacial score (nSPS) is 13.7. The molecule has 1 aliphatic rings. The maximum Gasteiger partial charge on any atom is 0.293 e. The van der Waals surface area contributed by atoms with Crippen LogP contribution < -0.4 is 20.1 Å². The molecule has 1 atom stereocenters. The molecule has 1 aliphatic heterocycles. The van der Waals surface area contributed by atoms with Crippen LogP contribution in [-0.4, -0.2) is 31.1 Å². The zero-order valence-electron chi connectivity index (χ0n) is 16.0. The van der Waals surface area contributed by atoms with Crippen molar-refractivity contribution >= 4 is 17.3 Å². The molecule has 0 saturated heterocycles. The molecule has 0 spiro atoms. The topological polar surface area (TPSA) is 103 Å². The SMILES string of the molecule is CNc1ccc(C(=O)NC(c2ccc3c(c2)OCCO3)C(C)C)cc1[N+](=O)[O-]. The highest BCUT2D eigenvalue weighted by Gasteiger charge is 2.23. The van der Waals surface area contributed by atoms with E-state index >= 15 is 0 Å². The molecule has 0 saturated carbocycles. The summed E-state index contributed by atoms with van der Waals surface area (Å²) < 4.78 is 11.2. The van der Waals surface area contributed by atoms with Crippen LogP contribution in [0.4, 0.5) is 11.4 Å². The number of carbonyl (C=O) groups excluding carboxylic acids is 1. The molecule has 1 amide bonds. The summed E-state index contributed by atoms with van der Waals surface area (Å²) in [5.74, 6) is 1.05. The van der Waals surface area contributed by atoms with Crippen LogP contribution in [0.15, 0.2) is 36.4 Å². The summed E-state index contributed by atoms with van der Waals surface area (Å²) >= 11 is 0. The second-order valence-corrected chi connectivity index (χ2v) is 6.84. The number of anilines is 1. The molecule has 148 valence electrons. The van der Waals surface area contributed by atoms with E-state index in [0.29, 0.717) is 30.4 Å². The van der Waals surface area contributed by atoms with Gasteiger partial charge in [-0.15, -0.1) is 0 Å². The van der Waals surface area contributed by atoms with Gasteiger partial charge in [0, 0.05) is 18.7 Å². The average Bonchev–Trinajstić information content (AvgIpc) is 2.70. The number of rotatable bonds is 6. The lowest BCUT2D eigenvalue weighted by atomic mass is 9.95. The van der Waals surface area contributed by atoms with Gasteiger partial charge in [0.25, 0.3) is 11.6 Å². The second kappa shape index (κ2) is 8.16. The van der Waals surface area contributed by atoms with Gasteiger partial charge in [0.2, 0.25) is 0 Å². The monoisotopic (exact) mass is 385 g/mol. The van der Waals surface area contributed by atoms with Crippen LogP contribution in [0, 0.1) is 16.0 Å². The number of nitrogens with zero attached hydrogens (tertiary/aromatic N) is 1. The number of benzene rings is 2. The van der Waals surface area contributed by atoms with Crippen LogP contribution in [0.2, 0.25) is 0 Å². The van der Waals surface area contributed by atoms with Crippen LogP contribution in [0.5, 0.6) is 11.5 Å². The first-order valence-electron chi connectivity index (χ1n) is 9.07. The Morgan fingerprint density at radius 1 is 1.11 bits per heavy atom. The maximum atomic E-state index is 12.8. The molecule has 0 radical (unpaired) electrons. The van der Waals surface area contributed by atoms with Crippen molar-refractivity contribution in [2.75, 3.05) is 25.6 Å². The van der Waals surface area contributed by atoms with E-state index in [1.807, 2.05) is 32.0 Å². The maximum absolute atomic E-state index is 12.8. The highest BCUT2D eigenvalue weighted by atomic mass is 16.6. The van der Waals surface area contributed by atoms with E-state index < -0.39 is 4.92 Å². The Morgan fingerprint density at radius 2 is 1.82 bits per heavy atom. The van der Waals surface area contributed by atoms with E-state index in [9.17, 15) is 14.9 Å². The Kier molecular flexibility index (Phi) is 5.67. The van der Waals surface area contributed by atoms with Crippen molar-refractivity contribution in [1.29, 1.82) is 0 Å². The zero-order valence-corrected chi connectivity index (χ0v) is 16.0. The predicted octanol–water partition coefficient (Wildman–Crippen LogP) is 3.53. The molecule has 8 nitrogen and oxygen atoms in total. The van der Waals surface area contributed by atoms with Crippen molar-refractivity contribution in [2.45, 2.75) is 19.9 Å². The quantitative estimate of drug-likeness (QED) is 0.582. The van der Waals surface area contributed by atoms with Gasteiger partial charge in [-0.25, -0.2) is 0 Å². The highest BCUT2D eigenvalue weighted by Crippen LogP contribution is 2.34. The van der Waals surface area contributed by atoms with Crippen LogP contribution in [0.25, 0.3) is 0 Å². The molecule has 0 aromatic heterocycles. The number of hydrogen-bond acceptors (Lipinski definition) is 6. The first-order valence-corrected chi connectivity index (χ1v) is 9.07. The van der Waals surface area contributed by atoms with Crippen molar-refractivity contribution in [3.63, 3.8) is 0 Å². The van der Waals surface area contributed by atoms with Gasteiger partial charge in [-0.1, -0.05) is 19.9 Å². The van der Waals surface area contributed by atoms with E-state index in [0.717, 1.165) is 5.56 Å². The summed E-state index contributed by atoms with van der Waals surface area (Å²) in [5, 5.41) is 17.0. The van der Waals surface area contributed by atoms with Gasteiger partial charge in [-0.3, -0.25) is 14.9 Å². The minimum atomic E-state index is -0.511. The lowest BCUT2D eigenvalue weighted by Crippen LogP contribution is -2.32. The number of amides is 1. The number of ether oxygens (including phenoxy) is 2. The molecule has 1 heterocycles. The summed E-state index contributed by atoms with van der Waals surface area (Å²) in [7, 11) is 1.60. The molecular formula is C20H23N3O5. The molecule has 2 N–H and O–H groups in total. The second-order valence-electron chi connectivity index (χ2n) is 6.84. The van der Waals surface area contributed by atoms with E-state index in [2.05, 4.69) is 10.6 Å². The molecule has 28 heavy (non-hydrogen) atoms. The van der Waals surface area contributed by atoms with Gasteiger partial charge in [0.1, 0.15) is 18.9 Å². The molecule has 3 rings (SSSR count). The van der Waals surface area contributed by atoms with Crippen molar-refractivity contribution in [1.82, 2.24) is 5.32 Å². The molecule has 0 aliphatic carbocycles. The Labute approximate surface area is 163 Å². The third-order valence-corrected chi connectivity index (χ3v) is 4.60. The first-order chi connectivity index (χ1) is 13.4. The highest BCUT2D eigenvalue weighted by molar-refractivity contribution is 5.96. The van der Waals surface area contributed by atoms with Gasteiger partial charge in [-0.05, 0) is 35.7 Å². The molecule has 0 bridgehead atoms. The van der Waals surface area contributed by atoms with Crippen molar-refractivity contribution < 1.29 is 19.2 Å². The van der Waals surface area contributed by atoms with E-state index in [-0.39, 0.29) is 29.1 Å². The largest absolute Gasteiger partial charge is 0.486 e. The Hall–Kier alpha value is -3.29. The number of nitrogens with one attached hydrogen (secondary N) is 2. The summed E-state index contributed by atoms with van der Waals surface area (Å²) in [6.07, 6.45) is 0. The summed E-state index contributed by atoms with van der Waals surface area (Å²) in [5.41, 5.74) is 1.33. The van der Waals surface area contributed by atoms with Gasteiger partial charge < -0.3 is 20.1 Å². The number of carbonyl (C=O) groups is 1. The van der Waals surface area contributed by atoms with E-state index in [1.54, 1.807) is 13.1 Å². The molecule has 0 fully saturated rings. The minimum Gasteiger partial charge on any atom is -0.486 e. The summed E-state index contributed by atoms with van der Waals surface area (Å²) in [6.45, 7) is 4.98. The third kappa shape index (κ3) is 4.00. The number of hydrogen-bond donors (Lipinski definition) is 2. The fraction of sp³-hybridized carbons (Fsp3) is 0.350. The fourth-order valence-electron chi connectivity index (χ4n) is 3.15.